The highest BCUT2D eigenvalue weighted by Gasteiger charge is 2.43. The summed E-state index contributed by atoms with van der Waals surface area (Å²) in [4.78, 5) is 23.4. The Morgan fingerprint density at radius 3 is 2.72 bits per heavy atom. The molecule has 1 aromatic rings. The van der Waals surface area contributed by atoms with E-state index >= 15 is 0 Å². The summed E-state index contributed by atoms with van der Waals surface area (Å²) in [6.45, 7) is 0. The Morgan fingerprint density at radius 1 is 1.17 bits per heavy atom. The van der Waals surface area contributed by atoms with Gasteiger partial charge in [-0.3, -0.25) is 4.79 Å². The molecule has 1 heterocycles. The van der Waals surface area contributed by atoms with Crippen molar-refractivity contribution in [2.75, 3.05) is 0 Å². The zero-order valence-corrected chi connectivity index (χ0v) is 9.96. The molecular formula is C15H14O3. The number of fused-ring (bicyclic) bond motifs is 1. The summed E-state index contributed by atoms with van der Waals surface area (Å²) in [5.41, 5.74) is 1.63. The molecule has 3 rings (SSSR count). The van der Waals surface area contributed by atoms with Crippen molar-refractivity contribution in [1.82, 2.24) is 0 Å². The monoisotopic (exact) mass is 242 g/mol. The van der Waals surface area contributed by atoms with Gasteiger partial charge in [0, 0.05) is 24.3 Å². The summed E-state index contributed by atoms with van der Waals surface area (Å²) in [5, 5.41) is 0. The minimum absolute atomic E-state index is 0.0426. The first-order chi connectivity index (χ1) is 8.74. The molecule has 1 aliphatic carbocycles. The lowest BCUT2D eigenvalue weighted by Crippen LogP contribution is -2.26. The number of rotatable bonds is 1. The molecule has 1 aliphatic heterocycles. The van der Waals surface area contributed by atoms with E-state index in [-0.39, 0.29) is 23.8 Å². The van der Waals surface area contributed by atoms with E-state index in [1.165, 1.54) is 0 Å². The topological polar surface area (TPSA) is 43.4 Å². The first-order valence-corrected chi connectivity index (χ1v) is 6.23. The largest absolute Gasteiger partial charge is 0.458 e. The number of hydrogen-bond donors (Lipinski definition) is 0. The van der Waals surface area contributed by atoms with Crippen LogP contribution in [0.3, 0.4) is 0 Å². The van der Waals surface area contributed by atoms with Crippen molar-refractivity contribution in [3.05, 3.63) is 41.5 Å². The van der Waals surface area contributed by atoms with Gasteiger partial charge in [0.15, 0.2) is 0 Å². The molecule has 1 saturated heterocycles. The standard InChI is InChI=1S/C15H14O3/c16-11-6-7-14-12(9-11)13(15(17)18-14)8-10-4-2-1-3-5-10/h1-5,8,12,14H,6-7,9H2/b13-8-/t12-,14-/m1/s1. The zero-order chi connectivity index (χ0) is 12.5. The van der Waals surface area contributed by atoms with Gasteiger partial charge in [-0.05, 0) is 18.1 Å². The van der Waals surface area contributed by atoms with E-state index in [0.717, 1.165) is 5.56 Å². The first-order valence-electron chi connectivity index (χ1n) is 6.23. The van der Waals surface area contributed by atoms with E-state index < -0.39 is 0 Å². The smallest absolute Gasteiger partial charge is 0.334 e. The van der Waals surface area contributed by atoms with Crippen LogP contribution in [0, 0.1) is 5.92 Å². The van der Waals surface area contributed by atoms with Crippen LogP contribution in [-0.4, -0.2) is 17.9 Å². The van der Waals surface area contributed by atoms with E-state index in [4.69, 9.17) is 4.74 Å². The Balaban J connectivity index is 1.93. The molecule has 0 N–H and O–H groups in total. The molecule has 1 saturated carbocycles. The van der Waals surface area contributed by atoms with Crippen LogP contribution >= 0.6 is 0 Å². The Labute approximate surface area is 105 Å². The van der Waals surface area contributed by atoms with Crippen LogP contribution in [0.25, 0.3) is 6.08 Å². The fraction of sp³-hybridized carbons (Fsp3) is 0.333. The van der Waals surface area contributed by atoms with E-state index in [0.29, 0.717) is 24.8 Å². The first kappa shape index (κ1) is 11.2. The van der Waals surface area contributed by atoms with Gasteiger partial charge in [-0.15, -0.1) is 0 Å². The van der Waals surface area contributed by atoms with E-state index in [1.54, 1.807) is 0 Å². The lowest BCUT2D eigenvalue weighted by atomic mass is 9.82. The summed E-state index contributed by atoms with van der Waals surface area (Å²) in [7, 11) is 0. The fourth-order valence-corrected chi connectivity index (χ4v) is 2.69. The summed E-state index contributed by atoms with van der Waals surface area (Å²) in [6, 6.07) is 9.67. The van der Waals surface area contributed by atoms with Gasteiger partial charge >= 0.3 is 5.97 Å². The third-order valence-corrected chi connectivity index (χ3v) is 3.62. The van der Waals surface area contributed by atoms with Crippen LogP contribution in [0.2, 0.25) is 0 Å². The number of carbonyl (C=O) groups is 2. The molecule has 1 aromatic carbocycles. The molecule has 2 aliphatic rings. The predicted molar refractivity (Wildman–Crippen MR) is 66.6 cm³/mol. The van der Waals surface area contributed by atoms with Crippen LogP contribution < -0.4 is 0 Å². The molecule has 18 heavy (non-hydrogen) atoms. The zero-order valence-electron chi connectivity index (χ0n) is 9.96. The van der Waals surface area contributed by atoms with Crippen molar-refractivity contribution in [1.29, 1.82) is 0 Å². The Kier molecular flexibility index (Phi) is 2.74. The van der Waals surface area contributed by atoms with Crippen LogP contribution in [0.1, 0.15) is 24.8 Å². The molecule has 3 heteroatoms. The van der Waals surface area contributed by atoms with Gasteiger partial charge in [-0.1, -0.05) is 30.3 Å². The maximum absolute atomic E-state index is 11.8. The molecule has 0 spiro atoms. The van der Waals surface area contributed by atoms with Crippen molar-refractivity contribution in [2.24, 2.45) is 5.92 Å². The van der Waals surface area contributed by atoms with Gasteiger partial charge in [0.2, 0.25) is 0 Å². The quantitative estimate of drug-likeness (QED) is 0.561. The summed E-state index contributed by atoms with van der Waals surface area (Å²) in [5.74, 6) is -0.0731. The Bertz CT molecular complexity index is 516. The fourth-order valence-electron chi connectivity index (χ4n) is 2.69. The van der Waals surface area contributed by atoms with Crippen LogP contribution in [0.4, 0.5) is 0 Å². The molecule has 2 atom stereocenters. The second-order valence-corrected chi connectivity index (χ2v) is 4.84. The molecule has 0 bridgehead atoms. The highest BCUT2D eigenvalue weighted by molar-refractivity contribution is 5.98. The Morgan fingerprint density at radius 2 is 1.94 bits per heavy atom. The van der Waals surface area contributed by atoms with Gasteiger partial charge in [0.05, 0.1) is 0 Å². The molecule has 3 nitrogen and oxygen atoms in total. The predicted octanol–water partition coefficient (Wildman–Crippen LogP) is 2.36. The molecule has 92 valence electrons. The van der Waals surface area contributed by atoms with Crippen molar-refractivity contribution in [3.8, 4) is 0 Å². The molecule has 0 aromatic heterocycles. The minimum Gasteiger partial charge on any atom is -0.458 e. The number of carbonyl (C=O) groups excluding carboxylic acids is 2. The number of Topliss-reactive ketones (excluding diaryl/α,β-unsaturated/α-hetero) is 1. The van der Waals surface area contributed by atoms with Crippen molar-refractivity contribution >= 4 is 17.8 Å². The molecular weight excluding hydrogens is 228 g/mol. The average molecular weight is 242 g/mol. The van der Waals surface area contributed by atoms with Gasteiger partial charge in [-0.25, -0.2) is 4.79 Å². The summed E-state index contributed by atoms with van der Waals surface area (Å²) >= 11 is 0. The number of hydrogen-bond acceptors (Lipinski definition) is 3. The van der Waals surface area contributed by atoms with Gasteiger partial charge in [0.1, 0.15) is 11.9 Å². The lowest BCUT2D eigenvalue weighted by Gasteiger charge is -2.21. The van der Waals surface area contributed by atoms with Gasteiger partial charge in [0.25, 0.3) is 0 Å². The van der Waals surface area contributed by atoms with E-state index in [1.807, 2.05) is 36.4 Å². The molecule has 0 unspecified atom stereocenters. The molecule has 0 radical (unpaired) electrons. The van der Waals surface area contributed by atoms with E-state index in [2.05, 4.69) is 0 Å². The number of esters is 1. The highest BCUT2D eigenvalue weighted by atomic mass is 16.6. The molecule has 0 amide bonds. The average Bonchev–Trinajstić information content (AvgIpc) is 2.67. The third-order valence-electron chi connectivity index (χ3n) is 3.62. The normalized spacial score (nSPS) is 29.2. The van der Waals surface area contributed by atoms with E-state index in [9.17, 15) is 9.59 Å². The molecule has 2 fully saturated rings. The van der Waals surface area contributed by atoms with Crippen molar-refractivity contribution in [2.45, 2.75) is 25.4 Å². The lowest BCUT2D eigenvalue weighted by molar-refractivity contribution is -0.141. The third kappa shape index (κ3) is 1.96. The van der Waals surface area contributed by atoms with Crippen molar-refractivity contribution < 1.29 is 14.3 Å². The highest BCUT2D eigenvalue weighted by Crippen LogP contribution is 2.38. The second-order valence-electron chi connectivity index (χ2n) is 4.84. The second kappa shape index (κ2) is 4.41. The van der Waals surface area contributed by atoms with Crippen LogP contribution in [0.15, 0.2) is 35.9 Å². The van der Waals surface area contributed by atoms with Gasteiger partial charge in [-0.2, -0.15) is 0 Å². The number of ether oxygens (including phenoxy) is 1. The van der Waals surface area contributed by atoms with Gasteiger partial charge < -0.3 is 4.74 Å². The minimum atomic E-state index is -0.261. The van der Waals surface area contributed by atoms with Crippen LogP contribution in [0.5, 0.6) is 0 Å². The van der Waals surface area contributed by atoms with Crippen molar-refractivity contribution in [3.63, 3.8) is 0 Å². The maximum atomic E-state index is 11.8. The SMILES string of the molecule is O=C1CC[C@H]2OC(=O)/C(=C\c3ccccc3)[C@H]2C1. The number of benzene rings is 1. The number of ketones is 1. The summed E-state index contributed by atoms with van der Waals surface area (Å²) in [6.07, 6.45) is 3.40. The Hall–Kier alpha value is -1.90. The summed E-state index contributed by atoms with van der Waals surface area (Å²) < 4.78 is 5.34. The van der Waals surface area contributed by atoms with Crippen LogP contribution in [-0.2, 0) is 14.3 Å². The maximum Gasteiger partial charge on any atom is 0.334 e.